The van der Waals surface area contributed by atoms with Gasteiger partial charge in [-0.15, -0.1) is 0 Å². The summed E-state index contributed by atoms with van der Waals surface area (Å²) in [6, 6.07) is 0. The summed E-state index contributed by atoms with van der Waals surface area (Å²) < 4.78 is 47.3. The van der Waals surface area contributed by atoms with Gasteiger partial charge >= 0.3 is 12.1 Å². The summed E-state index contributed by atoms with van der Waals surface area (Å²) in [5.74, 6) is -2.06. The van der Waals surface area contributed by atoms with E-state index >= 15 is 0 Å². The van der Waals surface area contributed by atoms with Crippen LogP contribution in [0.25, 0.3) is 0 Å². The number of carboxylic acids is 1. The molecule has 19 heavy (non-hydrogen) atoms. The summed E-state index contributed by atoms with van der Waals surface area (Å²) in [5, 5.41) is 19.8. The smallest absolute Gasteiger partial charge is 0.417 e. The van der Waals surface area contributed by atoms with Gasteiger partial charge in [-0.05, 0) is 6.92 Å². The molecule has 6 nitrogen and oxygen atoms in total. The molecule has 0 aliphatic rings. The number of nitrogens with one attached hydrogen (secondary N) is 1. The molecule has 0 spiro atoms. The fourth-order valence-electron chi connectivity index (χ4n) is 1.04. The minimum atomic E-state index is -4.98. The van der Waals surface area contributed by atoms with E-state index in [1.807, 2.05) is 0 Å². The van der Waals surface area contributed by atoms with Gasteiger partial charge in [-0.25, -0.2) is 4.79 Å². The molecule has 9 heteroatoms. The number of methoxy groups -OCH3 is 1. The van der Waals surface area contributed by atoms with Crippen molar-refractivity contribution >= 4 is 5.97 Å². The van der Waals surface area contributed by atoms with Crippen molar-refractivity contribution in [3.05, 3.63) is 0 Å². The first-order chi connectivity index (χ1) is 8.65. The summed E-state index contributed by atoms with van der Waals surface area (Å²) in [6.45, 7) is 0.186. The van der Waals surface area contributed by atoms with Gasteiger partial charge in [0.25, 0.3) is 0 Å². The van der Waals surface area contributed by atoms with Gasteiger partial charge in [-0.3, -0.25) is 5.32 Å². The summed E-state index contributed by atoms with van der Waals surface area (Å²) in [6.07, 6.45) is -6.23. The number of rotatable bonds is 9. The van der Waals surface area contributed by atoms with Crippen molar-refractivity contribution in [3.63, 3.8) is 0 Å². The maximum absolute atomic E-state index is 12.6. The van der Waals surface area contributed by atoms with Crippen LogP contribution in [0.4, 0.5) is 13.2 Å². The SMILES string of the molecule is COCCOCC(O)CNC(C)(C(=O)O)C(F)(F)F. The Kier molecular flexibility index (Phi) is 7.27. The lowest BCUT2D eigenvalue weighted by molar-refractivity contribution is -0.206. The van der Waals surface area contributed by atoms with E-state index in [2.05, 4.69) is 4.74 Å². The van der Waals surface area contributed by atoms with Crippen molar-refractivity contribution in [1.82, 2.24) is 5.32 Å². The van der Waals surface area contributed by atoms with Crippen molar-refractivity contribution in [2.75, 3.05) is 33.5 Å². The molecule has 0 fully saturated rings. The minimum Gasteiger partial charge on any atom is -0.480 e. The molecule has 0 bridgehead atoms. The molecular formula is C10H18F3NO5. The Morgan fingerprint density at radius 3 is 2.37 bits per heavy atom. The topological polar surface area (TPSA) is 88.0 Å². The third-order valence-corrected chi connectivity index (χ3v) is 2.43. The van der Waals surface area contributed by atoms with Crippen LogP contribution in [0.5, 0.6) is 0 Å². The summed E-state index contributed by atoms with van der Waals surface area (Å²) in [4.78, 5) is 10.7. The highest BCUT2D eigenvalue weighted by Gasteiger charge is 2.57. The number of hydrogen-bond donors (Lipinski definition) is 3. The van der Waals surface area contributed by atoms with E-state index in [1.54, 1.807) is 5.32 Å². The quantitative estimate of drug-likeness (QED) is 0.518. The number of hydrogen-bond acceptors (Lipinski definition) is 5. The van der Waals surface area contributed by atoms with Gasteiger partial charge in [-0.2, -0.15) is 13.2 Å². The summed E-state index contributed by atoms with van der Waals surface area (Å²) in [7, 11) is 1.45. The monoisotopic (exact) mass is 289 g/mol. The molecule has 0 aliphatic carbocycles. The molecule has 0 radical (unpaired) electrons. The van der Waals surface area contributed by atoms with E-state index in [-0.39, 0.29) is 19.8 Å². The van der Waals surface area contributed by atoms with Crippen LogP contribution in [0.3, 0.4) is 0 Å². The van der Waals surface area contributed by atoms with Crippen LogP contribution in [0.15, 0.2) is 0 Å². The second-order valence-corrected chi connectivity index (χ2v) is 4.03. The molecule has 0 saturated heterocycles. The Morgan fingerprint density at radius 1 is 1.37 bits per heavy atom. The summed E-state index contributed by atoms with van der Waals surface area (Å²) >= 11 is 0. The number of aliphatic carboxylic acids is 1. The molecule has 2 unspecified atom stereocenters. The van der Waals surface area contributed by atoms with Crippen LogP contribution in [0, 0.1) is 0 Å². The Morgan fingerprint density at radius 2 is 1.95 bits per heavy atom. The Bertz CT molecular complexity index is 287. The van der Waals surface area contributed by atoms with Crippen LogP contribution >= 0.6 is 0 Å². The Balaban J connectivity index is 4.23. The first kappa shape index (κ1) is 18.1. The second kappa shape index (κ2) is 7.63. The van der Waals surface area contributed by atoms with Crippen molar-refractivity contribution in [2.24, 2.45) is 0 Å². The molecule has 0 rings (SSSR count). The highest BCUT2D eigenvalue weighted by atomic mass is 19.4. The maximum Gasteiger partial charge on any atom is 0.417 e. The fraction of sp³-hybridized carbons (Fsp3) is 0.900. The first-order valence-electron chi connectivity index (χ1n) is 5.45. The molecule has 0 aromatic rings. The van der Waals surface area contributed by atoms with E-state index in [1.165, 1.54) is 7.11 Å². The Labute approximate surface area is 108 Å². The first-order valence-corrected chi connectivity index (χ1v) is 5.45. The van der Waals surface area contributed by atoms with Crippen molar-refractivity contribution < 1.29 is 37.7 Å². The number of halogens is 3. The highest BCUT2D eigenvalue weighted by Crippen LogP contribution is 2.30. The average Bonchev–Trinajstić information content (AvgIpc) is 2.29. The fourth-order valence-corrected chi connectivity index (χ4v) is 1.04. The zero-order valence-electron chi connectivity index (χ0n) is 10.7. The molecule has 3 N–H and O–H groups in total. The number of aliphatic hydroxyl groups is 1. The van der Waals surface area contributed by atoms with Crippen LogP contribution in [-0.2, 0) is 14.3 Å². The lowest BCUT2D eigenvalue weighted by Gasteiger charge is -2.29. The standard InChI is InChI=1S/C10H18F3NO5/c1-9(8(16)17,10(11,12)13)14-5-7(15)6-19-4-3-18-2/h7,14-15H,3-6H2,1-2H3,(H,16,17). The van der Waals surface area contributed by atoms with Crippen LogP contribution in [-0.4, -0.2) is 67.5 Å². The molecule has 0 aliphatic heterocycles. The molecule has 0 amide bonds. The number of carbonyl (C=O) groups is 1. The normalized spacial score (nSPS) is 16.9. The van der Waals surface area contributed by atoms with Gasteiger partial charge in [0.1, 0.15) is 0 Å². The van der Waals surface area contributed by atoms with Gasteiger partial charge in [0, 0.05) is 13.7 Å². The molecule has 0 saturated carbocycles. The second-order valence-electron chi connectivity index (χ2n) is 4.03. The van der Waals surface area contributed by atoms with Gasteiger partial charge in [0.15, 0.2) is 0 Å². The third-order valence-electron chi connectivity index (χ3n) is 2.43. The maximum atomic E-state index is 12.6. The number of ether oxygens (including phenoxy) is 2. The molecule has 2 atom stereocenters. The van der Waals surface area contributed by atoms with E-state index < -0.39 is 30.3 Å². The highest BCUT2D eigenvalue weighted by molar-refractivity contribution is 5.79. The number of alkyl halides is 3. The van der Waals surface area contributed by atoms with Gasteiger partial charge < -0.3 is 19.7 Å². The van der Waals surface area contributed by atoms with Gasteiger partial charge in [0.2, 0.25) is 5.54 Å². The number of carboxylic acid groups (broad SMARTS) is 1. The molecule has 114 valence electrons. The van der Waals surface area contributed by atoms with Gasteiger partial charge in [-0.1, -0.05) is 0 Å². The number of β-amino-alcohol motifs (C(OH)–C–C–N with tert-alkyl or cyclic N) is 1. The lowest BCUT2D eigenvalue weighted by atomic mass is 10.0. The third kappa shape index (κ3) is 5.72. The minimum absolute atomic E-state index is 0.184. The summed E-state index contributed by atoms with van der Waals surface area (Å²) in [5.41, 5.74) is -3.11. The van der Waals surface area contributed by atoms with Crippen molar-refractivity contribution in [3.8, 4) is 0 Å². The van der Waals surface area contributed by atoms with Crippen LogP contribution in [0.1, 0.15) is 6.92 Å². The van der Waals surface area contributed by atoms with Crippen molar-refractivity contribution in [2.45, 2.75) is 24.7 Å². The van der Waals surface area contributed by atoms with E-state index in [9.17, 15) is 23.1 Å². The molecule has 0 aromatic carbocycles. The van der Waals surface area contributed by atoms with E-state index in [4.69, 9.17) is 9.84 Å². The van der Waals surface area contributed by atoms with Crippen molar-refractivity contribution in [1.29, 1.82) is 0 Å². The molecule has 0 aromatic heterocycles. The average molecular weight is 289 g/mol. The molecule has 0 heterocycles. The van der Waals surface area contributed by atoms with Gasteiger partial charge in [0.05, 0.1) is 25.9 Å². The Hall–Kier alpha value is -0.900. The zero-order chi connectivity index (χ0) is 15.1. The number of aliphatic hydroxyl groups excluding tert-OH is 1. The van der Waals surface area contributed by atoms with Crippen LogP contribution in [0.2, 0.25) is 0 Å². The van der Waals surface area contributed by atoms with E-state index in [0.717, 1.165) is 0 Å². The predicted octanol–water partition coefficient (Wildman–Crippen LogP) is 0.00550. The predicted molar refractivity (Wildman–Crippen MR) is 58.8 cm³/mol. The largest absolute Gasteiger partial charge is 0.480 e. The lowest BCUT2D eigenvalue weighted by Crippen LogP contribution is -2.61. The zero-order valence-corrected chi connectivity index (χ0v) is 10.7. The molecular weight excluding hydrogens is 271 g/mol. The van der Waals surface area contributed by atoms with E-state index in [0.29, 0.717) is 6.92 Å². The van der Waals surface area contributed by atoms with Crippen LogP contribution < -0.4 is 5.32 Å².